The lowest BCUT2D eigenvalue weighted by atomic mass is 10.1. The van der Waals surface area contributed by atoms with Crippen LogP contribution in [0.5, 0.6) is 0 Å². The Hall–Kier alpha value is -3.32. The highest BCUT2D eigenvalue weighted by Crippen LogP contribution is 2.19. The summed E-state index contributed by atoms with van der Waals surface area (Å²) in [5.41, 5.74) is 11.8. The van der Waals surface area contributed by atoms with E-state index in [1.807, 2.05) is 12.1 Å². The first kappa shape index (κ1) is 12.1. The number of nitriles is 2. The Kier molecular flexibility index (Phi) is 2.88. The third-order valence-electron chi connectivity index (χ3n) is 2.56. The number of benzene rings is 1. The SMILES string of the molecule is N#Cc1ncn(-c2ccc(N)c(C(N)=O)c2)c1C#N. The fourth-order valence-electron chi connectivity index (χ4n) is 1.64. The van der Waals surface area contributed by atoms with Gasteiger partial charge in [-0.25, -0.2) is 4.98 Å². The third kappa shape index (κ3) is 1.96. The summed E-state index contributed by atoms with van der Waals surface area (Å²) in [6.45, 7) is 0. The molecule has 0 aliphatic carbocycles. The van der Waals surface area contributed by atoms with Gasteiger partial charge in [-0.3, -0.25) is 9.36 Å². The topological polar surface area (TPSA) is 135 Å². The van der Waals surface area contributed by atoms with Crippen LogP contribution in [0.15, 0.2) is 24.5 Å². The highest BCUT2D eigenvalue weighted by atomic mass is 16.1. The molecule has 7 nitrogen and oxygen atoms in total. The van der Waals surface area contributed by atoms with Crippen molar-refractivity contribution in [3.05, 3.63) is 41.5 Å². The Labute approximate surface area is 108 Å². The number of amides is 1. The highest BCUT2D eigenvalue weighted by molar-refractivity contribution is 5.98. The summed E-state index contributed by atoms with van der Waals surface area (Å²) >= 11 is 0. The van der Waals surface area contributed by atoms with Crippen molar-refractivity contribution in [1.29, 1.82) is 10.5 Å². The zero-order valence-electron chi connectivity index (χ0n) is 9.66. The summed E-state index contributed by atoms with van der Waals surface area (Å²) in [7, 11) is 0. The molecule has 0 aliphatic rings. The molecule has 2 rings (SSSR count). The lowest BCUT2D eigenvalue weighted by molar-refractivity contribution is 0.100. The van der Waals surface area contributed by atoms with Gasteiger partial charge in [0.2, 0.25) is 0 Å². The number of nitrogens with two attached hydrogens (primary N) is 2. The predicted molar refractivity (Wildman–Crippen MR) is 65.9 cm³/mol. The Bertz CT molecular complexity index is 747. The van der Waals surface area contributed by atoms with E-state index in [4.69, 9.17) is 22.0 Å². The molecule has 7 heteroatoms. The van der Waals surface area contributed by atoms with Crippen molar-refractivity contribution in [2.24, 2.45) is 5.73 Å². The summed E-state index contributed by atoms with van der Waals surface area (Å²) < 4.78 is 1.39. The number of primary amides is 1. The van der Waals surface area contributed by atoms with E-state index in [0.717, 1.165) is 0 Å². The van der Waals surface area contributed by atoms with Crippen molar-refractivity contribution in [3.8, 4) is 17.8 Å². The summed E-state index contributed by atoms with van der Waals surface area (Å²) in [6.07, 6.45) is 1.33. The Morgan fingerprint density at radius 3 is 2.63 bits per heavy atom. The first-order valence-electron chi connectivity index (χ1n) is 5.15. The molecular weight excluding hydrogens is 244 g/mol. The largest absolute Gasteiger partial charge is 0.398 e. The van der Waals surface area contributed by atoms with Crippen LogP contribution in [-0.2, 0) is 0 Å². The summed E-state index contributed by atoms with van der Waals surface area (Å²) in [5, 5.41) is 17.9. The summed E-state index contributed by atoms with van der Waals surface area (Å²) in [5.74, 6) is -0.668. The molecule has 0 saturated heterocycles. The minimum Gasteiger partial charge on any atom is -0.398 e. The van der Waals surface area contributed by atoms with Crippen molar-refractivity contribution in [2.45, 2.75) is 0 Å². The molecule has 2 aromatic rings. The number of rotatable bonds is 2. The Morgan fingerprint density at radius 2 is 2.05 bits per heavy atom. The number of hydrogen-bond donors (Lipinski definition) is 2. The average Bonchev–Trinajstić information content (AvgIpc) is 2.81. The zero-order chi connectivity index (χ0) is 14.0. The van der Waals surface area contributed by atoms with E-state index in [9.17, 15) is 4.79 Å². The number of nitrogens with zero attached hydrogens (tertiary/aromatic N) is 4. The molecule has 1 heterocycles. The number of imidazole rings is 1. The molecule has 92 valence electrons. The maximum absolute atomic E-state index is 11.2. The van der Waals surface area contributed by atoms with Crippen molar-refractivity contribution in [3.63, 3.8) is 0 Å². The van der Waals surface area contributed by atoms with Crippen LogP contribution in [0.25, 0.3) is 5.69 Å². The van der Waals surface area contributed by atoms with E-state index in [1.54, 1.807) is 6.07 Å². The number of nitrogen functional groups attached to an aromatic ring is 1. The van der Waals surface area contributed by atoms with Gasteiger partial charge in [-0.15, -0.1) is 0 Å². The van der Waals surface area contributed by atoms with Crippen LogP contribution in [0.2, 0.25) is 0 Å². The summed E-state index contributed by atoms with van der Waals surface area (Å²) in [6, 6.07) is 8.25. The molecule has 1 amide bonds. The van der Waals surface area contributed by atoms with Crippen LogP contribution >= 0.6 is 0 Å². The van der Waals surface area contributed by atoms with Gasteiger partial charge >= 0.3 is 0 Å². The average molecular weight is 252 g/mol. The van der Waals surface area contributed by atoms with Crippen molar-refractivity contribution in [2.75, 3.05) is 5.73 Å². The van der Waals surface area contributed by atoms with Crippen molar-refractivity contribution >= 4 is 11.6 Å². The van der Waals surface area contributed by atoms with E-state index in [-0.39, 0.29) is 22.6 Å². The monoisotopic (exact) mass is 252 g/mol. The molecule has 4 N–H and O–H groups in total. The number of anilines is 1. The molecule has 0 atom stereocenters. The maximum atomic E-state index is 11.2. The highest BCUT2D eigenvalue weighted by Gasteiger charge is 2.13. The fourth-order valence-corrected chi connectivity index (χ4v) is 1.64. The van der Waals surface area contributed by atoms with E-state index < -0.39 is 5.91 Å². The first-order chi connectivity index (χ1) is 9.08. The van der Waals surface area contributed by atoms with Gasteiger partial charge in [0.25, 0.3) is 5.91 Å². The van der Waals surface area contributed by atoms with E-state index in [0.29, 0.717) is 5.69 Å². The van der Waals surface area contributed by atoms with Crippen LogP contribution < -0.4 is 11.5 Å². The normalized spacial score (nSPS) is 9.58. The third-order valence-corrected chi connectivity index (χ3v) is 2.56. The van der Waals surface area contributed by atoms with Gasteiger partial charge in [0.05, 0.1) is 5.56 Å². The molecule has 1 aromatic heterocycles. The van der Waals surface area contributed by atoms with Crippen LogP contribution in [0.3, 0.4) is 0 Å². The Balaban J connectivity index is 2.65. The minimum atomic E-state index is -0.668. The molecule has 0 saturated carbocycles. The van der Waals surface area contributed by atoms with Gasteiger partial charge in [0, 0.05) is 11.4 Å². The van der Waals surface area contributed by atoms with Gasteiger partial charge in [-0.1, -0.05) is 0 Å². The van der Waals surface area contributed by atoms with E-state index >= 15 is 0 Å². The number of carbonyl (C=O) groups is 1. The van der Waals surface area contributed by atoms with E-state index in [2.05, 4.69) is 4.98 Å². The maximum Gasteiger partial charge on any atom is 0.250 e. The second kappa shape index (κ2) is 4.51. The number of carbonyl (C=O) groups excluding carboxylic acids is 1. The van der Waals surface area contributed by atoms with Crippen LogP contribution in [-0.4, -0.2) is 15.5 Å². The predicted octanol–water partition coefficient (Wildman–Crippen LogP) is 0.297. The molecule has 19 heavy (non-hydrogen) atoms. The van der Waals surface area contributed by atoms with Gasteiger partial charge < -0.3 is 11.5 Å². The first-order valence-corrected chi connectivity index (χ1v) is 5.15. The fraction of sp³-hybridized carbons (Fsp3) is 0. The second-order valence-electron chi connectivity index (χ2n) is 3.67. The standard InChI is InChI=1S/C12H8N6O/c13-4-10-11(5-14)18(6-17-10)7-1-2-9(15)8(3-7)12(16)19/h1-3,6H,15H2,(H2,16,19). The van der Waals surface area contributed by atoms with E-state index in [1.165, 1.54) is 23.0 Å². The van der Waals surface area contributed by atoms with Gasteiger partial charge in [0.1, 0.15) is 18.5 Å². The van der Waals surface area contributed by atoms with Gasteiger partial charge in [-0.2, -0.15) is 10.5 Å². The molecule has 0 aliphatic heterocycles. The summed E-state index contributed by atoms with van der Waals surface area (Å²) in [4.78, 5) is 15.0. The van der Waals surface area contributed by atoms with Gasteiger partial charge in [-0.05, 0) is 18.2 Å². The number of aromatic nitrogens is 2. The molecule has 0 bridgehead atoms. The minimum absolute atomic E-state index is 0.0138. The smallest absolute Gasteiger partial charge is 0.250 e. The van der Waals surface area contributed by atoms with Crippen LogP contribution in [0.4, 0.5) is 5.69 Å². The van der Waals surface area contributed by atoms with Gasteiger partial charge in [0.15, 0.2) is 11.4 Å². The quantitative estimate of drug-likeness (QED) is 0.741. The number of hydrogen-bond acceptors (Lipinski definition) is 5. The van der Waals surface area contributed by atoms with Crippen molar-refractivity contribution in [1.82, 2.24) is 9.55 Å². The van der Waals surface area contributed by atoms with Crippen LogP contribution in [0.1, 0.15) is 21.7 Å². The lowest BCUT2D eigenvalue weighted by Gasteiger charge is -2.07. The molecular formula is C12H8N6O. The zero-order valence-corrected chi connectivity index (χ0v) is 9.66. The molecule has 1 aromatic carbocycles. The second-order valence-corrected chi connectivity index (χ2v) is 3.67. The molecule has 0 unspecified atom stereocenters. The molecule has 0 radical (unpaired) electrons. The van der Waals surface area contributed by atoms with Crippen molar-refractivity contribution < 1.29 is 4.79 Å². The Morgan fingerprint density at radius 1 is 1.32 bits per heavy atom. The lowest BCUT2D eigenvalue weighted by Crippen LogP contribution is -2.14. The van der Waals surface area contributed by atoms with Crippen LogP contribution in [0, 0.1) is 22.7 Å². The molecule has 0 fully saturated rings. The molecule has 0 spiro atoms.